The van der Waals surface area contributed by atoms with Crippen LogP contribution in [0.2, 0.25) is 0 Å². The predicted molar refractivity (Wildman–Crippen MR) is 54.4 cm³/mol. The minimum Gasteiger partial charge on any atom is -0.507 e. The molecule has 1 N–H and O–H groups in total. The van der Waals surface area contributed by atoms with Crippen molar-refractivity contribution in [3.63, 3.8) is 0 Å². The van der Waals surface area contributed by atoms with Crippen LogP contribution in [0.1, 0.15) is 21.5 Å². The van der Waals surface area contributed by atoms with Crippen LogP contribution in [-0.2, 0) is 0 Å². The van der Waals surface area contributed by atoms with Crippen LogP contribution in [0.5, 0.6) is 5.75 Å². The summed E-state index contributed by atoms with van der Waals surface area (Å²) < 4.78 is 36.4. The fraction of sp³-hybridized carbons (Fsp3) is 0.273. The SMILES string of the molecule is Cc1cc(C)c(O)c(C(=O)C(F)(F)F)c1.[CH3-].[Eu]. The zero-order chi connectivity index (χ0) is 11.8. The van der Waals surface area contributed by atoms with Crippen LogP contribution in [0.25, 0.3) is 0 Å². The molecule has 0 saturated heterocycles. The number of aromatic hydroxyl groups is 1. The Hall–Kier alpha value is 0.0644. The summed E-state index contributed by atoms with van der Waals surface area (Å²) in [5.74, 6) is -2.63. The Bertz CT molecular complexity index is 414. The molecule has 1 radical (unpaired) electrons. The van der Waals surface area contributed by atoms with Gasteiger partial charge in [-0.15, -0.1) is 0 Å². The van der Waals surface area contributed by atoms with Gasteiger partial charge in [0.1, 0.15) is 5.75 Å². The van der Waals surface area contributed by atoms with E-state index in [1.165, 1.54) is 13.0 Å². The molecule has 0 bridgehead atoms. The third-order valence-corrected chi connectivity index (χ3v) is 1.95. The first kappa shape index (κ1) is 19.4. The molecule has 0 heterocycles. The quantitative estimate of drug-likeness (QED) is 0.596. The van der Waals surface area contributed by atoms with Crippen molar-refractivity contribution in [2.24, 2.45) is 0 Å². The normalized spacial score (nSPS) is 10.2. The topological polar surface area (TPSA) is 37.3 Å². The van der Waals surface area contributed by atoms with Crippen molar-refractivity contribution in [3.8, 4) is 5.75 Å². The fourth-order valence-corrected chi connectivity index (χ4v) is 1.29. The van der Waals surface area contributed by atoms with E-state index in [0.29, 0.717) is 5.56 Å². The van der Waals surface area contributed by atoms with Crippen LogP contribution >= 0.6 is 0 Å². The molecule has 97 valence electrons. The Labute approximate surface area is 139 Å². The smallest absolute Gasteiger partial charge is 0.455 e. The van der Waals surface area contributed by atoms with Gasteiger partial charge < -0.3 is 12.5 Å². The van der Waals surface area contributed by atoms with Gasteiger partial charge in [0.2, 0.25) is 0 Å². The maximum atomic E-state index is 12.1. The Kier molecular flexibility index (Phi) is 7.82. The van der Waals surface area contributed by atoms with Crippen molar-refractivity contribution in [1.82, 2.24) is 0 Å². The van der Waals surface area contributed by atoms with Crippen molar-refractivity contribution < 1.29 is 72.4 Å². The number of benzene rings is 1. The van der Waals surface area contributed by atoms with E-state index < -0.39 is 23.3 Å². The van der Waals surface area contributed by atoms with E-state index in [9.17, 15) is 23.1 Å². The second-order valence-corrected chi connectivity index (χ2v) is 3.30. The number of halogens is 3. The van der Waals surface area contributed by atoms with Crippen molar-refractivity contribution in [2.75, 3.05) is 0 Å². The maximum absolute atomic E-state index is 12.1. The fourth-order valence-electron chi connectivity index (χ4n) is 1.29. The summed E-state index contributed by atoms with van der Waals surface area (Å²) in [5.41, 5.74) is 0.0560. The maximum Gasteiger partial charge on any atom is 0.455 e. The van der Waals surface area contributed by atoms with Gasteiger partial charge in [-0.3, -0.25) is 4.79 Å². The molecule has 2 nitrogen and oxygen atoms in total. The monoisotopic (exact) mass is 386 g/mol. The first-order valence-electron chi connectivity index (χ1n) is 4.15. The minimum atomic E-state index is -4.96. The summed E-state index contributed by atoms with van der Waals surface area (Å²) in [6, 6.07) is 2.53. The van der Waals surface area contributed by atoms with Gasteiger partial charge in [0.05, 0.1) is 5.56 Å². The van der Waals surface area contributed by atoms with E-state index >= 15 is 0 Å². The third-order valence-electron chi connectivity index (χ3n) is 1.95. The molecule has 0 aliphatic rings. The van der Waals surface area contributed by atoms with Gasteiger partial charge in [-0.2, -0.15) is 13.2 Å². The zero-order valence-corrected chi connectivity index (χ0v) is 11.9. The second kappa shape index (κ2) is 6.85. The third kappa shape index (κ3) is 4.68. The summed E-state index contributed by atoms with van der Waals surface area (Å²) in [4.78, 5) is 10.9. The molecule has 0 unspecified atom stereocenters. The molecule has 0 saturated carbocycles. The van der Waals surface area contributed by atoms with Crippen LogP contribution in [0.3, 0.4) is 0 Å². The van der Waals surface area contributed by atoms with Crippen molar-refractivity contribution >= 4 is 5.78 Å². The number of phenols is 1. The minimum absolute atomic E-state index is 0. The number of phenolic OH excluding ortho intramolecular Hbond substituents is 1. The Morgan fingerprint density at radius 2 is 1.71 bits per heavy atom. The molecule has 0 aliphatic heterocycles. The number of carbonyl (C=O) groups is 1. The van der Waals surface area contributed by atoms with E-state index in [-0.39, 0.29) is 62.4 Å². The van der Waals surface area contributed by atoms with Crippen LogP contribution in [0.15, 0.2) is 12.1 Å². The first-order chi connectivity index (χ1) is 6.73. The van der Waals surface area contributed by atoms with E-state index in [0.717, 1.165) is 6.07 Å². The van der Waals surface area contributed by atoms with Crippen LogP contribution < -0.4 is 0 Å². The van der Waals surface area contributed by atoms with E-state index in [1.54, 1.807) is 6.92 Å². The van der Waals surface area contributed by atoms with Gasteiger partial charge in [-0.25, -0.2) is 0 Å². The molecule has 1 rings (SSSR count). The molecule has 0 spiro atoms. The molecule has 0 fully saturated rings. The van der Waals surface area contributed by atoms with E-state index in [2.05, 4.69) is 0 Å². The van der Waals surface area contributed by atoms with Gasteiger partial charge in [0.15, 0.2) is 0 Å². The Morgan fingerprint density at radius 1 is 1.24 bits per heavy atom. The van der Waals surface area contributed by atoms with Crippen LogP contribution in [-0.4, -0.2) is 17.1 Å². The molecule has 17 heavy (non-hydrogen) atoms. The molecule has 1 aromatic carbocycles. The van der Waals surface area contributed by atoms with Gasteiger partial charge in [-0.05, 0) is 31.0 Å². The molecule has 6 heteroatoms. The molecular weight excluding hydrogens is 373 g/mol. The molecule has 0 amide bonds. The van der Waals surface area contributed by atoms with Crippen molar-refractivity contribution in [2.45, 2.75) is 20.0 Å². The molecule has 0 aromatic heterocycles. The number of aryl methyl sites for hydroxylation is 2. The van der Waals surface area contributed by atoms with E-state index in [4.69, 9.17) is 0 Å². The van der Waals surface area contributed by atoms with Crippen LogP contribution in [0, 0.1) is 70.7 Å². The van der Waals surface area contributed by atoms with Gasteiger partial charge in [0.25, 0.3) is 5.78 Å². The summed E-state index contributed by atoms with van der Waals surface area (Å²) in [7, 11) is 0. The largest absolute Gasteiger partial charge is 0.507 e. The zero-order valence-electron chi connectivity index (χ0n) is 9.52. The summed E-state index contributed by atoms with van der Waals surface area (Å²) in [6.45, 7) is 3.00. The summed E-state index contributed by atoms with van der Waals surface area (Å²) in [5, 5.41) is 9.33. The number of carbonyl (C=O) groups excluding carboxylic acids is 1. The average Bonchev–Trinajstić information content (AvgIpc) is 2.08. The number of hydrogen-bond donors (Lipinski definition) is 1. The average molecular weight is 385 g/mol. The predicted octanol–water partition coefficient (Wildman–Crippen LogP) is 3.20. The summed E-state index contributed by atoms with van der Waals surface area (Å²) in [6.07, 6.45) is -4.96. The van der Waals surface area contributed by atoms with Gasteiger partial charge in [0, 0.05) is 49.4 Å². The van der Waals surface area contributed by atoms with Gasteiger partial charge >= 0.3 is 6.18 Å². The van der Waals surface area contributed by atoms with Crippen LogP contribution in [0.4, 0.5) is 13.2 Å². The number of hydrogen-bond acceptors (Lipinski definition) is 2. The molecule has 0 aliphatic carbocycles. The number of ketones is 1. The standard InChI is InChI=1S/C10H9F3O2.CH3.Eu/c1-5-3-6(2)8(14)7(4-5)9(15)10(11,12)13;;/h3-4,14H,1-2H3;1H3;/q;-1;. The first-order valence-corrected chi connectivity index (χ1v) is 4.15. The summed E-state index contributed by atoms with van der Waals surface area (Å²) >= 11 is 0. The van der Waals surface area contributed by atoms with Gasteiger partial charge in [-0.1, -0.05) is 6.07 Å². The molecule has 0 atom stereocenters. The molecular formula is C11H12EuF3O2-. The number of Topliss-reactive ketones (excluding diaryl/α,β-unsaturated/α-hetero) is 1. The number of alkyl halides is 3. The van der Waals surface area contributed by atoms with Crippen molar-refractivity contribution in [1.29, 1.82) is 0 Å². The molecule has 1 aromatic rings. The Balaban J connectivity index is 0. The van der Waals surface area contributed by atoms with Crippen molar-refractivity contribution in [3.05, 3.63) is 36.2 Å². The van der Waals surface area contributed by atoms with E-state index in [1.807, 2.05) is 0 Å². The number of rotatable bonds is 1. The Morgan fingerprint density at radius 3 is 2.12 bits per heavy atom. The second-order valence-electron chi connectivity index (χ2n) is 3.30.